The van der Waals surface area contributed by atoms with Gasteiger partial charge in [0.15, 0.2) is 9.84 Å². The summed E-state index contributed by atoms with van der Waals surface area (Å²) in [5, 5.41) is 3.43. The van der Waals surface area contributed by atoms with E-state index in [9.17, 15) is 8.42 Å². The monoisotopic (exact) mass is 262 g/mol. The average molecular weight is 262 g/mol. The molecule has 2 atom stereocenters. The summed E-state index contributed by atoms with van der Waals surface area (Å²) in [5.41, 5.74) is 0. The Morgan fingerprint density at radius 1 is 1.29 bits per heavy atom. The Bertz CT molecular complexity index is 327. The minimum absolute atomic E-state index is 0.143. The van der Waals surface area contributed by atoms with E-state index in [1.165, 1.54) is 0 Å². The van der Waals surface area contributed by atoms with Crippen LogP contribution in [0.2, 0.25) is 0 Å². The molecule has 0 spiro atoms. The molecule has 1 N–H and O–H groups in total. The molecule has 1 aliphatic rings. The topological polar surface area (TPSA) is 49.4 Å². The first kappa shape index (κ1) is 14.9. The molecule has 0 radical (unpaired) electrons. The van der Waals surface area contributed by atoms with E-state index >= 15 is 0 Å². The molecule has 17 heavy (non-hydrogen) atoms. The van der Waals surface area contributed by atoms with Crippen LogP contribution in [-0.4, -0.2) is 56.5 Å². The van der Waals surface area contributed by atoms with E-state index < -0.39 is 9.84 Å². The van der Waals surface area contributed by atoms with Gasteiger partial charge in [0.25, 0.3) is 0 Å². The van der Waals surface area contributed by atoms with Crippen molar-refractivity contribution in [2.45, 2.75) is 39.8 Å². The van der Waals surface area contributed by atoms with E-state index in [2.05, 4.69) is 31.0 Å². The van der Waals surface area contributed by atoms with Crippen molar-refractivity contribution in [1.82, 2.24) is 10.2 Å². The number of hydrogen-bond acceptors (Lipinski definition) is 4. The van der Waals surface area contributed by atoms with Crippen molar-refractivity contribution in [2.24, 2.45) is 5.92 Å². The molecule has 1 heterocycles. The van der Waals surface area contributed by atoms with E-state index in [1.807, 2.05) is 6.92 Å². The van der Waals surface area contributed by atoms with Gasteiger partial charge in [0.2, 0.25) is 0 Å². The maximum atomic E-state index is 11.5. The van der Waals surface area contributed by atoms with Crippen LogP contribution in [0, 0.1) is 5.92 Å². The highest BCUT2D eigenvalue weighted by atomic mass is 32.2. The molecule has 0 aliphatic carbocycles. The second-order valence-corrected chi connectivity index (χ2v) is 7.83. The standard InChI is InChI=1S/C12H26N2O2S/c1-10(2)7-13-8-11(3)14-5-6-17(15,16)9-12(14)4/h10-13H,5-9H2,1-4H3. The van der Waals surface area contributed by atoms with Crippen LogP contribution in [0.15, 0.2) is 0 Å². The quantitative estimate of drug-likeness (QED) is 0.794. The summed E-state index contributed by atoms with van der Waals surface area (Å²) in [6, 6.07) is 0.545. The van der Waals surface area contributed by atoms with Crippen molar-refractivity contribution in [3.05, 3.63) is 0 Å². The molecule has 0 saturated carbocycles. The Hall–Kier alpha value is -0.130. The highest BCUT2D eigenvalue weighted by Gasteiger charge is 2.30. The second kappa shape index (κ2) is 6.16. The van der Waals surface area contributed by atoms with Gasteiger partial charge in [0, 0.05) is 25.2 Å². The van der Waals surface area contributed by atoms with Crippen molar-refractivity contribution in [2.75, 3.05) is 31.1 Å². The molecule has 1 aliphatic heterocycles. The maximum Gasteiger partial charge on any atom is 0.153 e. The summed E-state index contributed by atoms with van der Waals surface area (Å²) < 4.78 is 23.0. The Kier molecular flexibility index (Phi) is 5.41. The molecule has 1 fully saturated rings. The second-order valence-electron chi connectivity index (χ2n) is 5.60. The van der Waals surface area contributed by atoms with Crippen LogP contribution < -0.4 is 5.32 Å². The van der Waals surface area contributed by atoms with Crippen LogP contribution in [0.25, 0.3) is 0 Å². The fraction of sp³-hybridized carbons (Fsp3) is 1.00. The van der Waals surface area contributed by atoms with Gasteiger partial charge in [-0.1, -0.05) is 13.8 Å². The van der Waals surface area contributed by atoms with E-state index in [0.717, 1.165) is 13.1 Å². The highest BCUT2D eigenvalue weighted by Crippen LogP contribution is 2.14. The smallest absolute Gasteiger partial charge is 0.153 e. The van der Waals surface area contributed by atoms with Gasteiger partial charge in [-0.2, -0.15) is 0 Å². The Balaban J connectivity index is 2.39. The van der Waals surface area contributed by atoms with Crippen LogP contribution in [0.3, 0.4) is 0 Å². The Morgan fingerprint density at radius 3 is 2.47 bits per heavy atom. The molecule has 1 saturated heterocycles. The Morgan fingerprint density at radius 2 is 1.94 bits per heavy atom. The maximum absolute atomic E-state index is 11.5. The number of rotatable bonds is 5. The molecule has 4 nitrogen and oxygen atoms in total. The number of nitrogens with one attached hydrogen (secondary N) is 1. The highest BCUT2D eigenvalue weighted by molar-refractivity contribution is 7.91. The van der Waals surface area contributed by atoms with Crippen LogP contribution in [-0.2, 0) is 9.84 Å². The van der Waals surface area contributed by atoms with E-state index in [1.54, 1.807) is 0 Å². The summed E-state index contributed by atoms with van der Waals surface area (Å²) in [5.74, 6) is 1.27. The van der Waals surface area contributed by atoms with Crippen molar-refractivity contribution < 1.29 is 8.42 Å². The van der Waals surface area contributed by atoms with Crippen LogP contribution in [0.1, 0.15) is 27.7 Å². The zero-order valence-corrected chi connectivity index (χ0v) is 12.3. The van der Waals surface area contributed by atoms with Crippen molar-refractivity contribution in [3.63, 3.8) is 0 Å². The first-order chi connectivity index (χ1) is 7.82. The van der Waals surface area contributed by atoms with Gasteiger partial charge >= 0.3 is 0 Å². The molecule has 0 amide bonds. The zero-order chi connectivity index (χ0) is 13.1. The molecule has 102 valence electrons. The lowest BCUT2D eigenvalue weighted by Crippen LogP contribution is -2.53. The van der Waals surface area contributed by atoms with Crippen LogP contribution in [0.5, 0.6) is 0 Å². The summed E-state index contributed by atoms with van der Waals surface area (Å²) >= 11 is 0. The molecule has 0 aromatic heterocycles. The zero-order valence-electron chi connectivity index (χ0n) is 11.4. The van der Waals surface area contributed by atoms with Gasteiger partial charge in [0.05, 0.1) is 11.5 Å². The predicted molar refractivity (Wildman–Crippen MR) is 72.0 cm³/mol. The Labute approximate surface area is 106 Å². The molecule has 0 bridgehead atoms. The number of sulfone groups is 1. The molecular weight excluding hydrogens is 236 g/mol. The summed E-state index contributed by atoms with van der Waals surface area (Å²) in [7, 11) is -2.79. The SMILES string of the molecule is CC(C)CNCC(C)N1CCS(=O)(=O)CC1C. The molecule has 5 heteroatoms. The summed E-state index contributed by atoms with van der Waals surface area (Å²) in [6.45, 7) is 11.2. The third-order valence-corrected chi connectivity index (χ3v) is 5.08. The summed E-state index contributed by atoms with van der Waals surface area (Å²) in [6.07, 6.45) is 0. The van der Waals surface area contributed by atoms with Gasteiger partial charge in [-0.15, -0.1) is 0 Å². The largest absolute Gasteiger partial charge is 0.315 e. The molecule has 0 aromatic carbocycles. The minimum atomic E-state index is -2.79. The molecular formula is C12H26N2O2S. The van der Waals surface area contributed by atoms with Crippen molar-refractivity contribution in [3.8, 4) is 0 Å². The number of hydrogen-bond donors (Lipinski definition) is 1. The summed E-state index contributed by atoms with van der Waals surface area (Å²) in [4.78, 5) is 2.30. The van der Waals surface area contributed by atoms with Crippen molar-refractivity contribution >= 4 is 9.84 Å². The first-order valence-electron chi connectivity index (χ1n) is 6.48. The first-order valence-corrected chi connectivity index (χ1v) is 8.31. The van der Waals surface area contributed by atoms with E-state index in [-0.39, 0.29) is 6.04 Å². The van der Waals surface area contributed by atoms with Gasteiger partial charge in [-0.3, -0.25) is 4.90 Å². The van der Waals surface area contributed by atoms with Crippen LogP contribution >= 0.6 is 0 Å². The number of nitrogens with zero attached hydrogens (tertiary/aromatic N) is 1. The fourth-order valence-corrected chi connectivity index (χ4v) is 3.95. The molecule has 0 aromatic rings. The lowest BCUT2D eigenvalue weighted by atomic mass is 10.2. The predicted octanol–water partition coefficient (Wildman–Crippen LogP) is 0.739. The minimum Gasteiger partial charge on any atom is -0.315 e. The molecule has 1 rings (SSSR count). The van der Waals surface area contributed by atoms with Gasteiger partial charge in [-0.05, 0) is 26.3 Å². The third kappa shape index (κ3) is 4.94. The van der Waals surface area contributed by atoms with Gasteiger partial charge in [-0.25, -0.2) is 8.42 Å². The lowest BCUT2D eigenvalue weighted by molar-refractivity contribution is 0.165. The average Bonchev–Trinajstić information content (AvgIpc) is 2.14. The third-order valence-electron chi connectivity index (χ3n) is 3.28. The van der Waals surface area contributed by atoms with E-state index in [4.69, 9.17) is 0 Å². The molecule has 2 unspecified atom stereocenters. The normalized spacial score (nSPS) is 27.2. The fourth-order valence-electron chi connectivity index (χ4n) is 2.36. The lowest BCUT2D eigenvalue weighted by Gasteiger charge is -2.37. The van der Waals surface area contributed by atoms with Crippen LogP contribution in [0.4, 0.5) is 0 Å². The van der Waals surface area contributed by atoms with Gasteiger partial charge < -0.3 is 5.32 Å². The van der Waals surface area contributed by atoms with Gasteiger partial charge in [0.1, 0.15) is 0 Å². The van der Waals surface area contributed by atoms with E-state index in [0.29, 0.717) is 30.0 Å². The van der Waals surface area contributed by atoms with Crippen molar-refractivity contribution in [1.29, 1.82) is 0 Å².